The topological polar surface area (TPSA) is 113 Å². The van der Waals surface area contributed by atoms with E-state index in [1.165, 1.54) is 4.31 Å². The summed E-state index contributed by atoms with van der Waals surface area (Å²) in [5, 5.41) is 2.86. The van der Waals surface area contributed by atoms with E-state index in [1.807, 2.05) is 20.8 Å². The van der Waals surface area contributed by atoms with Crippen LogP contribution >= 0.6 is 0 Å². The lowest BCUT2D eigenvalue weighted by atomic mass is 10.1. The van der Waals surface area contributed by atoms with Crippen molar-refractivity contribution in [1.29, 1.82) is 0 Å². The average molecular weight is 524 g/mol. The fraction of sp³-hybridized carbons (Fsp3) is 0.346. The predicted molar refractivity (Wildman–Crippen MR) is 136 cm³/mol. The molecule has 0 radical (unpaired) electrons. The Morgan fingerprint density at radius 3 is 2.57 bits per heavy atom. The van der Waals surface area contributed by atoms with Gasteiger partial charge in [-0.2, -0.15) is 0 Å². The SMILES string of the molecule is CC(C)(C)OC(=O)N1CC2=CN(S(=O)(=O)c3ccc(CNC(=O)c4ccc5nccn5c4)cc3)CC2C1. The minimum absolute atomic E-state index is 0.0432. The normalized spacial score (nSPS) is 17.6. The standard InChI is InChI=1S/C26H29N5O5S/c1-26(2,3)36-25(33)30-14-20-16-31(17-21(20)15-30)37(34,35)22-7-4-18(5-8-22)12-28-24(32)19-6-9-23-27-10-11-29(23)13-19/h4-11,13,16,21H,12,14-15,17H2,1-3H3,(H,28,32). The number of hydrogen-bond donors (Lipinski definition) is 1. The summed E-state index contributed by atoms with van der Waals surface area (Å²) in [6, 6.07) is 9.97. The van der Waals surface area contributed by atoms with E-state index in [1.54, 1.807) is 70.5 Å². The second-order valence-corrected chi connectivity index (χ2v) is 12.2. The molecule has 5 rings (SSSR count). The summed E-state index contributed by atoms with van der Waals surface area (Å²) in [4.78, 5) is 30.8. The van der Waals surface area contributed by atoms with E-state index in [2.05, 4.69) is 10.3 Å². The first-order valence-corrected chi connectivity index (χ1v) is 13.4. The molecular weight excluding hydrogens is 494 g/mol. The van der Waals surface area contributed by atoms with Crippen molar-refractivity contribution in [1.82, 2.24) is 23.9 Å². The van der Waals surface area contributed by atoms with Gasteiger partial charge in [-0.1, -0.05) is 12.1 Å². The molecule has 194 valence electrons. The number of ether oxygens (including phenoxy) is 1. The lowest BCUT2D eigenvalue weighted by Crippen LogP contribution is -2.37. The number of rotatable bonds is 5. The van der Waals surface area contributed by atoms with Crippen LogP contribution in [0, 0.1) is 5.92 Å². The molecule has 11 heteroatoms. The van der Waals surface area contributed by atoms with Crippen LogP contribution in [-0.4, -0.2) is 64.2 Å². The summed E-state index contributed by atoms with van der Waals surface area (Å²) in [6.45, 7) is 6.79. The molecule has 4 heterocycles. The minimum atomic E-state index is -3.73. The van der Waals surface area contributed by atoms with Crippen LogP contribution in [0.3, 0.4) is 0 Å². The number of aromatic nitrogens is 2. The first-order valence-electron chi connectivity index (χ1n) is 12.0. The van der Waals surface area contributed by atoms with Crippen molar-refractivity contribution < 1.29 is 22.7 Å². The van der Waals surface area contributed by atoms with Gasteiger partial charge in [0, 0.05) is 56.9 Å². The zero-order valence-electron chi connectivity index (χ0n) is 20.9. The highest BCUT2D eigenvalue weighted by Gasteiger charge is 2.40. The number of imidazole rings is 1. The van der Waals surface area contributed by atoms with Crippen molar-refractivity contribution in [2.75, 3.05) is 19.6 Å². The van der Waals surface area contributed by atoms with E-state index < -0.39 is 15.6 Å². The van der Waals surface area contributed by atoms with Crippen molar-refractivity contribution >= 4 is 27.7 Å². The van der Waals surface area contributed by atoms with Gasteiger partial charge in [0.1, 0.15) is 11.2 Å². The highest BCUT2D eigenvalue weighted by Crippen LogP contribution is 2.33. The molecule has 2 amide bonds. The van der Waals surface area contributed by atoms with Crippen molar-refractivity contribution in [3.8, 4) is 0 Å². The minimum Gasteiger partial charge on any atom is -0.444 e. The van der Waals surface area contributed by atoms with E-state index in [0.29, 0.717) is 18.7 Å². The molecule has 1 unspecified atom stereocenters. The van der Waals surface area contributed by atoms with Crippen molar-refractivity contribution in [2.24, 2.45) is 5.92 Å². The van der Waals surface area contributed by atoms with E-state index in [0.717, 1.165) is 16.8 Å². The Kier molecular flexibility index (Phi) is 6.18. The van der Waals surface area contributed by atoms with Gasteiger partial charge in [-0.15, -0.1) is 0 Å². The van der Waals surface area contributed by atoms with E-state index in [4.69, 9.17) is 4.74 Å². The maximum absolute atomic E-state index is 13.2. The van der Waals surface area contributed by atoms with Gasteiger partial charge >= 0.3 is 6.09 Å². The Morgan fingerprint density at radius 2 is 1.86 bits per heavy atom. The molecule has 2 aliphatic rings. The average Bonchev–Trinajstić information content (AvgIpc) is 3.56. The van der Waals surface area contributed by atoms with Crippen LogP contribution < -0.4 is 5.32 Å². The Morgan fingerprint density at radius 1 is 1.11 bits per heavy atom. The van der Waals surface area contributed by atoms with Crippen LogP contribution in [0.4, 0.5) is 4.79 Å². The number of sulfonamides is 1. The van der Waals surface area contributed by atoms with Gasteiger partial charge in [0.25, 0.3) is 15.9 Å². The van der Waals surface area contributed by atoms with Crippen molar-refractivity contribution in [2.45, 2.75) is 37.8 Å². The molecule has 2 aromatic heterocycles. The fourth-order valence-electron chi connectivity index (χ4n) is 4.46. The van der Waals surface area contributed by atoms with Gasteiger partial charge in [-0.25, -0.2) is 18.2 Å². The summed E-state index contributed by atoms with van der Waals surface area (Å²) in [6.07, 6.45) is 6.39. The van der Waals surface area contributed by atoms with E-state index >= 15 is 0 Å². The Labute approximate surface area is 215 Å². The number of carbonyl (C=O) groups excluding carboxylic acids is 2. The molecule has 3 aromatic rings. The van der Waals surface area contributed by atoms with Gasteiger partial charge < -0.3 is 19.4 Å². The fourth-order valence-corrected chi connectivity index (χ4v) is 5.86. The number of likely N-dealkylation sites (tertiary alicyclic amines) is 1. The summed E-state index contributed by atoms with van der Waals surface area (Å²) in [5.41, 5.74) is 2.36. The second-order valence-electron chi connectivity index (χ2n) is 10.3. The van der Waals surface area contributed by atoms with E-state index in [-0.39, 0.29) is 35.9 Å². The molecule has 1 aromatic carbocycles. The highest BCUT2D eigenvalue weighted by molar-refractivity contribution is 7.89. The molecular formula is C26H29N5O5S. The smallest absolute Gasteiger partial charge is 0.410 e. The lowest BCUT2D eigenvalue weighted by molar-refractivity contribution is 0.0289. The Hall–Kier alpha value is -3.86. The summed E-state index contributed by atoms with van der Waals surface area (Å²) in [7, 11) is -3.73. The highest BCUT2D eigenvalue weighted by atomic mass is 32.2. The molecule has 2 aliphatic heterocycles. The number of nitrogens with zero attached hydrogens (tertiary/aromatic N) is 4. The van der Waals surface area contributed by atoms with Crippen LogP contribution in [0.1, 0.15) is 36.7 Å². The van der Waals surface area contributed by atoms with E-state index in [9.17, 15) is 18.0 Å². The number of pyridine rings is 1. The number of benzene rings is 1. The number of hydrogen-bond acceptors (Lipinski definition) is 6. The van der Waals surface area contributed by atoms with Gasteiger partial charge in [0.05, 0.1) is 10.5 Å². The predicted octanol–water partition coefficient (Wildman–Crippen LogP) is 3.02. The molecule has 37 heavy (non-hydrogen) atoms. The summed E-state index contributed by atoms with van der Waals surface area (Å²) < 4.78 is 35.0. The first kappa shape index (κ1) is 24.8. The number of carbonyl (C=O) groups is 2. The van der Waals surface area contributed by atoms with Crippen LogP contribution in [0.15, 0.2) is 71.7 Å². The Bertz CT molecular complexity index is 1490. The maximum atomic E-state index is 13.2. The van der Waals surface area contributed by atoms with Gasteiger partial charge in [0.2, 0.25) is 0 Å². The molecule has 1 saturated heterocycles. The van der Waals surface area contributed by atoms with Gasteiger partial charge in [-0.3, -0.25) is 9.10 Å². The largest absolute Gasteiger partial charge is 0.444 e. The third kappa shape index (κ3) is 5.17. The molecule has 0 aliphatic carbocycles. The quantitative estimate of drug-likeness (QED) is 0.550. The van der Waals surface area contributed by atoms with Gasteiger partial charge in [-0.05, 0) is 56.2 Å². The molecule has 1 atom stereocenters. The number of fused-ring (bicyclic) bond motifs is 2. The van der Waals surface area contributed by atoms with Crippen LogP contribution in [0.25, 0.3) is 5.65 Å². The molecule has 0 spiro atoms. The third-order valence-electron chi connectivity index (χ3n) is 6.33. The second kappa shape index (κ2) is 9.22. The zero-order valence-corrected chi connectivity index (χ0v) is 21.7. The molecule has 10 nitrogen and oxygen atoms in total. The van der Waals surface area contributed by atoms with Crippen LogP contribution in [-0.2, 0) is 21.3 Å². The summed E-state index contributed by atoms with van der Waals surface area (Å²) in [5.74, 6) is -0.277. The molecule has 1 fully saturated rings. The monoisotopic (exact) mass is 523 g/mol. The third-order valence-corrected chi connectivity index (χ3v) is 8.07. The number of nitrogens with one attached hydrogen (secondary N) is 1. The summed E-state index contributed by atoms with van der Waals surface area (Å²) >= 11 is 0. The van der Waals surface area contributed by atoms with Crippen LogP contribution in [0.2, 0.25) is 0 Å². The van der Waals surface area contributed by atoms with Crippen LogP contribution in [0.5, 0.6) is 0 Å². The first-order chi connectivity index (χ1) is 17.5. The van der Waals surface area contributed by atoms with Gasteiger partial charge in [0.15, 0.2) is 0 Å². The lowest BCUT2D eigenvalue weighted by Gasteiger charge is -2.25. The molecule has 0 bridgehead atoms. The molecule has 0 saturated carbocycles. The zero-order chi connectivity index (χ0) is 26.4. The number of amides is 2. The van der Waals surface area contributed by atoms with Crippen molar-refractivity contribution in [3.63, 3.8) is 0 Å². The van der Waals surface area contributed by atoms with Crippen molar-refractivity contribution in [3.05, 3.63) is 77.9 Å². The maximum Gasteiger partial charge on any atom is 0.410 e. The molecule has 1 N–H and O–H groups in total. The Balaban J connectivity index is 1.19.